The lowest BCUT2D eigenvalue weighted by Gasteiger charge is -2.09. The highest BCUT2D eigenvalue weighted by atomic mass is 32.2. The molecule has 0 fully saturated rings. The second kappa shape index (κ2) is 2.83. The van der Waals surface area contributed by atoms with E-state index in [2.05, 4.69) is 0 Å². The molecule has 0 saturated heterocycles. The van der Waals surface area contributed by atoms with Crippen molar-refractivity contribution in [2.45, 2.75) is 19.1 Å². The summed E-state index contributed by atoms with van der Waals surface area (Å²) in [5.74, 6) is 0.525. The van der Waals surface area contributed by atoms with E-state index in [0.717, 1.165) is 4.80 Å². The Morgan fingerprint density at radius 1 is 1.80 bits per heavy atom. The van der Waals surface area contributed by atoms with Crippen molar-refractivity contribution in [3.8, 4) is 0 Å². The Morgan fingerprint density at radius 2 is 2.40 bits per heavy atom. The second-order valence-electron chi connectivity index (χ2n) is 2.58. The molecule has 1 nitrogen and oxygen atoms in total. The number of rotatable bonds is 1. The molecule has 0 aromatic heterocycles. The van der Waals surface area contributed by atoms with Crippen molar-refractivity contribution < 1.29 is 4.79 Å². The molecule has 2 unspecified atom stereocenters. The summed E-state index contributed by atoms with van der Waals surface area (Å²) in [7, 11) is 5.53. The van der Waals surface area contributed by atoms with Gasteiger partial charge in [0, 0.05) is 0 Å². The number of hydrogen-bond acceptors (Lipinski definition) is 2. The Morgan fingerprint density at radius 3 is 2.60 bits per heavy atom. The quantitative estimate of drug-likeness (QED) is 0.527. The van der Waals surface area contributed by atoms with Gasteiger partial charge in [-0.2, -0.15) is 0 Å². The van der Waals surface area contributed by atoms with Crippen LogP contribution in [-0.2, 0) is 4.79 Å². The number of allylic oxidation sites excluding steroid dienone is 1. The molecule has 1 heterocycles. The predicted octanol–water partition coefficient (Wildman–Crippen LogP) is 1.34. The minimum atomic E-state index is 0.0694. The summed E-state index contributed by atoms with van der Waals surface area (Å²) in [4.78, 5) is 11.7. The van der Waals surface area contributed by atoms with Crippen LogP contribution in [0.2, 0.25) is 0 Å². The van der Waals surface area contributed by atoms with Gasteiger partial charge in [-0.05, 0) is 12.8 Å². The molecule has 0 saturated carbocycles. The van der Waals surface area contributed by atoms with E-state index in [1.54, 1.807) is 6.92 Å². The highest BCUT2D eigenvalue weighted by molar-refractivity contribution is 8.05. The molecule has 0 aromatic rings. The minimum absolute atomic E-state index is 0.0694. The molecule has 0 aromatic carbocycles. The standard InChI is InChI=1S/C7H9BOS/c1-4-3-6(8)10-7(4)5(2)9/h3-4,7H,1-2H3. The number of carbonyl (C=O) groups excluding carboxylic acids is 1. The SMILES string of the molecule is [B]C1=CC(C)C(C(C)=O)S1. The maximum absolute atomic E-state index is 10.9. The monoisotopic (exact) mass is 152 g/mol. The van der Waals surface area contributed by atoms with E-state index < -0.39 is 0 Å². The Kier molecular flexibility index (Phi) is 2.24. The summed E-state index contributed by atoms with van der Waals surface area (Å²) in [6.07, 6.45) is 1.94. The molecule has 52 valence electrons. The van der Waals surface area contributed by atoms with E-state index in [9.17, 15) is 4.79 Å². The Hall–Kier alpha value is -0.175. The van der Waals surface area contributed by atoms with Crippen LogP contribution < -0.4 is 0 Å². The van der Waals surface area contributed by atoms with Crippen molar-refractivity contribution in [2.24, 2.45) is 5.92 Å². The third-order valence-corrected chi connectivity index (χ3v) is 2.99. The normalized spacial score (nSPS) is 32.0. The van der Waals surface area contributed by atoms with Gasteiger partial charge in [-0.3, -0.25) is 4.79 Å². The molecule has 1 rings (SSSR count). The van der Waals surface area contributed by atoms with Crippen molar-refractivity contribution in [2.75, 3.05) is 0 Å². The number of hydrogen-bond donors (Lipinski definition) is 0. The molecule has 0 bridgehead atoms. The van der Waals surface area contributed by atoms with Gasteiger partial charge in [-0.15, -0.1) is 11.8 Å². The molecule has 2 atom stereocenters. The number of thioether (sulfide) groups is 1. The first-order chi connectivity index (χ1) is 4.61. The van der Waals surface area contributed by atoms with Gasteiger partial charge in [0.05, 0.1) is 5.25 Å². The molecule has 1 aliphatic rings. The Balaban J connectivity index is 2.63. The van der Waals surface area contributed by atoms with E-state index in [-0.39, 0.29) is 11.0 Å². The van der Waals surface area contributed by atoms with Crippen LogP contribution in [0.3, 0.4) is 0 Å². The largest absolute Gasteiger partial charge is 0.299 e. The fourth-order valence-corrected chi connectivity index (χ4v) is 2.14. The smallest absolute Gasteiger partial charge is 0.143 e. The van der Waals surface area contributed by atoms with Crippen LogP contribution in [0, 0.1) is 5.92 Å². The maximum Gasteiger partial charge on any atom is 0.143 e. The zero-order valence-corrected chi connectivity index (χ0v) is 6.94. The summed E-state index contributed by atoms with van der Waals surface area (Å²) in [5.41, 5.74) is 0. The molecular weight excluding hydrogens is 143 g/mol. The lowest BCUT2D eigenvalue weighted by molar-refractivity contribution is -0.116. The van der Waals surface area contributed by atoms with E-state index >= 15 is 0 Å². The molecule has 1 aliphatic heterocycles. The fourth-order valence-electron chi connectivity index (χ4n) is 1.09. The first-order valence-corrected chi connectivity index (χ1v) is 4.13. The average Bonchev–Trinajstić information content (AvgIpc) is 2.10. The van der Waals surface area contributed by atoms with Crippen LogP contribution in [0.1, 0.15) is 13.8 Å². The van der Waals surface area contributed by atoms with Crippen molar-refractivity contribution in [3.05, 3.63) is 10.9 Å². The first kappa shape index (κ1) is 7.93. The van der Waals surface area contributed by atoms with E-state index in [0.29, 0.717) is 5.92 Å². The summed E-state index contributed by atoms with van der Waals surface area (Å²) >= 11 is 1.47. The second-order valence-corrected chi connectivity index (χ2v) is 3.79. The molecule has 3 heteroatoms. The molecule has 0 amide bonds. The van der Waals surface area contributed by atoms with Gasteiger partial charge in [-0.1, -0.05) is 17.8 Å². The molecular formula is C7H9BOS. The van der Waals surface area contributed by atoms with Crippen LogP contribution in [0.4, 0.5) is 0 Å². The molecule has 0 spiro atoms. The van der Waals surface area contributed by atoms with E-state index in [1.165, 1.54) is 11.8 Å². The number of carbonyl (C=O) groups is 1. The third kappa shape index (κ3) is 1.46. The van der Waals surface area contributed by atoms with Crippen molar-refractivity contribution in [1.82, 2.24) is 0 Å². The maximum atomic E-state index is 10.9. The molecule has 2 radical (unpaired) electrons. The Bertz CT molecular complexity index is 188. The van der Waals surface area contributed by atoms with E-state index in [1.807, 2.05) is 13.0 Å². The number of ketones is 1. The number of Topliss-reactive ketones (excluding diaryl/α,β-unsaturated/α-hetero) is 1. The predicted molar refractivity (Wildman–Crippen MR) is 45.1 cm³/mol. The summed E-state index contributed by atoms with van der Waals surface area (Å²) in [6, 6.07) is 0. The highest BCUT2D eigenvalue weighted by Gasteiger charge is 2.25. The molecule has 0 N–H and O–H groups in total. The van der Waals surface area contributed by atoms with Crippen LogP contribution in [0.15, 0.2) is 10.9 Å². The Labute approximate surface area is 66.7 Å². The van der Waals surface area contributed by atoms with Gasteiger partial charge in [-0.25, -0.2) is 0 Å². The van der Waals surface area contributed by atoms with Gasteiger partial charge < -0.3 is 0 Å². The zero-order chi connectivity index (χ0) is 7.72. The van der Waals surface area contributed by atoms with E-state index in [4.69, 9.17) is 7.85 Å². The highest BCUT2D eigenvalue weighted by Crippen LogP contribution is 2.34. The lowest BCUT2D eigenvalue weighted by atomic mass is 10.0. The topological polar surface area (TPSA) is 17.1 Å². The lowest BCUT2D eigenvalue weighted by Crippen LogP contribution is -2.17. The van der Waals surface area contributed by atoms with Gasteiger partial charge in [0.25, 0.3) is 0 Å². The minimum Gasteiger partial charge on any atom is -0.299 e. The third-order valence-electron chi connectivity index (χ3n) is 1.57. The van der Waals surface area contributed by atoms with Crippen LogP contribution in [-0.4, -0.2) is 18.9 Å². The average molecular weight is 152 g/mol. The van der Waals surface area contributed by atoms with Crippen LogP contribution >= 0.6 is 11.8 Å². The van der Waals surface area contributed by atoms with Gasteiger partial charge in [0.15, 0.2) is 0 Å². The summed E-state index contributed by atoms with van der Waals surface area (Å²) in [6.45, 7) is 3.62. The van der Waals surface area contributed by atoms with Gasteiger partial charge >= 0.3 is 0 Å². The van der Waals surface area contributed by atoms with Crippen LogP contribution in [0.5, 0.6) is 0 Å². The van der Waals surface area contributed by atoms with Crippen LogP contribution in [0.25, 0.3) is 0 Å². The first-order valence-electron chi connectivity index (χ1n) is 3.25. The van der Waals surface area contributed by atoms with Crippen molar-refractivity contribution in [1.29, 1.82) is 0 Å². The van der Waals surface area contributed by atoms with Crippen molar-refractivity contribution in [3.63, 3.8) is 0 Å². The fraction of sp³-hybridized carbons (Fsp3) is 0.571. The van der Waals surface area contributed by atoms with Gasteiger partial charge in [0.1, 0.15) is 13.6 Å². The molecule has 0 aliphatic carbocycles. The van der Waals surface area contributed by atoms with Crippen molar-refractivity contribution >= 4 is 25.4 Å². The molecule has 10 heavy (non-hydrogen) atoms. The summed E-state index contributed by atoms with van der Waals surface area (Å²) < 4.78 is 0. The zero-order valence-electron chi connectivity index (χ0n) is 6.13. The van der Waals surface area contributed by atoms with Gasteiger partial charge in [0.2, 0.25) is 0 Å². The summed E-state index contributed by atoms with van der Waals surface area (Å²) in [5, 5.41) is 0.0694.